The Bertz CT molecular complexity index is 1120. The topological polar surface area (TPSA) is 23.5 Å². The summed E-state index contributed by atoms with van der Waals surface area (Å²) in [5.41, 5.74) is 5.96. The van der Waals surface area contributed by atoms with Gasteiger partial charge in [0.15, 0.2) is 0 Å². The Morgan fingerprint density at radius 2 is 1.33 bits per heavy atom. The summed E-state index contributed by atoms with van der Waals surface area (Å²) in [5, 5.41) is 10.6. The SMILES string of the molecule is Oc1ccc(Br)cc1C1CN(C(c2ccccc2)c2ccccc2)c2ccccc21. The van der Waals surface area contributed by atoms with E-state index in [1.54, 1.807) is 6.07 Å². The van der Waals surface area contributed by atoms with Gasteiger partial charge in [-0.15, -0.1) is 0 Å². The Labute approximate surface area is 185 Å². The van der Waals surface area contributed by atoms with E-state index in [0.717, 1.165) is 16.6 Å². The van der Waals surface area contributed by atoms with Crippen molar-refractivity contribution in [3.63, 3.8) is 0 Å². The molecule has 3 heteroatoms. The highest BCUT2D eigenvalue weighted by molar-refractivity contribution is 9.10. The second-order valence-electron chi connectivity index (χ2n) is 7.69. The molecule has 1 aliphatic rings. The van der Waals surface area contributed by atoms with Gasteiger partial charge in [-0.3, -0.25) is 0 Å². The molecular formula is C27H22BrNO. The van der Waals surface area contributed by atoms with E-state index < -0.39 is 0 Å². The average Bonchev–Trinajstić information content (AvgIpc) is 3.16. The van der Waals surface area contributed by atoms with Gasteiger partial charge in [0.05, 0.1) is 6.04 Å². The van der Waals surface area contributed by atoms with Crippen LogP contribution in [0.2, 0.25) is 0 Å². The lowest BCUT2D eigenvalue weighted by Crippen LogP contribution is -2.28. The lowest BCUT2D eigenvalue weighted by atomic mass is 9.92. The van der Waals surface area contributed by atoms with E-state index >= 15 is 0 Å². The normalized spacial score (nSPS) is 15.4. The lowest BCUT2D eigenvalue weighted by Gasteiger charge is -2.32. The Hall–Kier alpha value is -3.04. The number of hydrogen-bond acceptors (Lipinski definition) is 2. The van der Waals surface area contributed by atoms with Gasteiger partial charge in [0.2, 0.25) is 0 Å². The number of halogens is 1. The molecule has 0 aromatic heterocycles. The Morgan fingerprint density at radius 3 is 2.00 bits per heavy atom. The molecule has 1 unspecified atom stereocenters. The van der Waals surface area contributed by atoms with Crippen LogP contribution in [0, 0.1) is 0 Å². The molecule has 0 saturated heterocycles. The molecule has 1 aliphatic heterocycles. The van der Waals surface area contributed by atoms with Crippen LogP contribution < -0.4 is 4.90 Å². The van der Waals surface area contributed by atoms with Crippen molar-refractivity contribution in [1.29, 1.82) is 0 Å². The third kappa shape index (κ3) is 3.40. The van der Waals surface area contributed by atoms with Crippen LogP contribution in [0.5, 0.6) is 5.75 Å². The third-order valence-corrected chi connectivity index (χ3v) is 6.40. The zero-order valence-electron chi connectivity index (χ0n) is 16.4. The van der Waals surface area contributed by atoms with Gasteiger partial charge in [-0.1, -0.05) is 94.8 Å². The number of benzene rings is 4. The quantitative estimate of drug-likeness (QED) is 0.361. The lowest BCUT2D eigenvalue weighted by molar-refractivity contribution is 0.465. The molecular weight excluding hydrogens is 434 g/mol. The van der Waals surface area contributed by atoms with Gasteiger partial charge >= 0.3 is 0 Å². The first-order valence-electron chi connectivity index (χ1n) is 10.2. The summed E-state index contributed by atoms with van der Waals surface area (Å²) in [4.78, 5) is 2.48. The number of phenolic OH excluding ortho intramolecular Hbond substituents is 1. The van der Waals surface area contributed by atoms with Crippen LogP contribution in [-0.2, 0) is 0 Å². The number of nitrogens with zero attached hydrogens (tertiary/aromatic N) is 1. The highest BCUT2D eigenvalue weighted by Gasteiger charge is 2.35. The highest BCUT2D eigenvalue weighted by atomic mass is 79.9. The molecule has 5 rings (SSSR count). The molecule has 0 spiro atoms. The predicted octanol–water partition coefficient (Wildman–Crippen LogP) is 6.90. The summed E-state index contributed by atoms with van der Waals surface area (Å²) in [6, 6.07) is 35.7. The molecule has 0 amide bonds. The van der Waals surface area contributed by atoms with E-state index in [1.807, 2.05) is 12.1 Å². The van der Waals surface area contributed by atoms with E-state index in [4.69, 9.17) is 0 Å². The molecule has 1 N–H and O–H groups in total. The standard InChI is InChI=1S/C27H22BrNO/c28-21-15-16-26(30)23(17-21)24-18-29(25-14-8-7-13-22(24)25)27(19-9-3-1-4-10-19)20-11-5-2-6-12-20/h1-17,24,27,30H,18H2. The van der Waals surface area contributed by atoms with Crippen LogP contribution in [-0.4, -0.2) is 11.7 Å². The maximum absolute atomic E-state index is 10.6. The van der Waals surface area contributed by atoms with Crippen LogP contribution in [0.25, 0.3) is 0 Å². The number of hydrogen-bond donors (Lipinski definition) is 1. The van der Waals surface area contributed by atoms with Gasteiger partial charge in [0.1, 0.15) is 5.75 Å². The smallest absolute Gasteiger partial charge is 0.119 e. The maximum Gasteiger partial charge on any atom is 0.119 e. The second-order valence-corrected chi connectivity index (χ2v) is 8.61. The van der Waals surface area contributed by atoms with Crippen molar-refractivity contribution >= 4 is 21.6 Å². The Balaban J connectivity index is 1.65. The molecule has 2 nitrogen and oxygen atoms in total. The van der Waals surface area contributed by atoms with Crippen molar-refractivity contribution < 1.29 is 5.11 Å². The van der Waals surface area contributed by atoms with Crippen LogP contribution in [0.3, 0.4) is 0 Å². The van der Waals surface area contributed by atoms with Crippen molar-refractivity contribution in [3.8, 4) is 5.75 Å². The first-order chi connectivity index (χ1) is 14.7. The summed E-state index contributed by atoms with van der Waals surface area (Å²) in [6.07, 6.45) is 0. The van der Waals surface area contributed by atoms with Crippen LogP contribution in [0.4, 0.5) is 5.69 Å². The molecule has 0 bridgehead atoms. The van der Waals surface area contributed by atoms with Crippen molar-refractivity contribution in [2.45, 2.75) is 12.0 Å². The molecule has 148 valence electrons. The van der Waals surface area contributed by atoms with Gasteiger partial charge in [-0.25, -0.2) is 0 Å². The molecule has 0 aliphatic carbocycles. The molecule has 0 radical (unpaired) electrons. The zero-order valence-corrected chi connectivity index (χ0v) is 18.0. The minimum Gasteiger partial charge on any atom is -0.508 e. The first kappa shape index (κ1) is 19.0. The summed E-state index contributed by atoms with van der Waals surface area (Å²) in [5.74, 6) is 0.449. The van der Waals surface area contributed by atoms with Crippen molar-refractivity contribution in [2.75, 3.05) is 11.4 Å². The van der Waals surface area contributed by atoms with Crippen molar-refractivity contribution in [2.24, 2.45) is 0 Å². The Kier molecular flexibility index (Phi) is 5.06. The van der Waals surface area contributed by atoms with Crippen molar-refractivity contribution in [1.82, 2.24) is 0 Å². The zero-order chi connectivity index (χ0) is 20.5. The number of para-hydroxylation sites is 1. The fourth-order valence-electron chi connectivity index (χ4n) is 4.58. The van der Waals surface area contributed by atoms with Gasteiger partial charge in [0.25, 0.3) is 0 Å². The van der Waals surface area contributed by atoms with Gasteiger partial charge in [-0.05, 0) is 41.0 Å². The Morgan fingerprint density at radius 1 is 0.733 bits per heavy atom. The van der Waals surface area contributed by atoms with Crippen molar-refractivity contribution in [3.05, 3.63) is 130 Å². The van der Waals surface area contributed by atoms with Gasteiger partial charge in [-0.2, -0.15) is 0 Å². The number of aromatic hydroxyl groups is 1. The van der Waals surface area contributed by atoms with Crippen LogP contribution in [0.15, 0.2) is 108 Å². The fraction of sp³-hybridized carbons (Fsp3) is 0.111. The molecule has 0 saturated carbocycles. The van der Waals surface area contributed by atoms with E-state index in [0.29, 0.717) is 5.75 Å². The minimum absolute atomic E-state index is 0.104. The number of rotatable bonds is 4. The molecule has 30 heavy (non-hydrogen) atoms. The monoisotopic (exact) mass is 455 g/mol. The average molecular weight is 456 g/mol. The summed E-state index contributed by atoms with van der Waals surface area (Å²) in [7, 11) is 0. The largest absolute Gasteiger partial charge is 0.508 e. The summed E-state index contributed by atoms with van der Waals surface area (Å²) >= 11 is 3.58. The molecule has 1 atom stereocenters. The van der Waals surface area contributed by atoms with E-state index in [1.165, 1.54) is 22.4 Å². The summed E-state index contributed by atoms with van der Waals surface area (Å²) in [6.45, 7) is 0.803. The second kappa shape index (κ2) is 8.00. The molecule has 0 fully saturated rings. The van der Waals surface area contributed by atoms with E-state index in [-0.39, 0.29) is 12.0 Å². The van der Waals surface area contributed by atoms with E-state index in [9.17, 15) is 5.11 Å². The van der Waals surface area contributed by atoms with Crippen LogP contribution in [0.1, 0.15) is 34.2 Å². The van der Waals surface area contributed by atoms with Gasteiger partial charge in [0, 0.05) is 28.2 Å². The van der Waals surface area contributed by atoms with Crippen LogP contribution >= 0.6 is 15.9 Å². The van der Waals surface area contributed by atoms with Gasteiger partial charge < -0.3 is 10.0 Å². The number of anilines is 1. The maximum atomic E-state index is 10.6. The fourth-order valence-corrected chi connectivity index (χ4v) is 4.95. The minimum atomic E-state index is 0.104. The molecule has 1 heterocycles. The highest BCUT2D eigenvalue weighted by Crippen LogP contribution is 2.47. The molecule has 4 aromatic rings. The third-order valence-electron chi connectivity index (χ3n) is 5.91. The van der Waals surface area contributed by atoms with E-state index in [2.05, 4.69) is 106 Å². The number of fused-ring (bicyclic) bond motifs is 1. The number of phenols is 1. The molecule has 4 aromatic carbocycles. The predicted molar refractivity (Wildman–Crippen MR) is 126 cm³/mol. The summed E-state index contributed by atoms with van der Waals surface area (Å²) < 4.78 is 0.980. The first-order valence-corrected chi connectivity index (χ1v) is 11.0.